The molecule has 0 aromatic heterocycles. The van der Waals surface area contributed by atoms with E-state index in [-0.39, 0.29) is 5.91 Å². The first-order chi connectivity index (χ1) is 8.69. The number of benzene rings is 1. The highest BCUT2D eigenvalue weighted by Crippen LogP contribution is 2.12. The Morgan fingerprint density at radius 3 is 2.83 bits per heavy atom. The molecule has 3 nitrogen and oxygen atoms in total. The van der Waals surface area contributed by atoms with Gasteiger partial charge in [0.1, 0.15) is 0 Å². The molecular formula is C14H17IN2O. The summed E-state index contributed by atoms with van der Waals surface area (Å²) < 4.78 is 1.14. The van der Waals surface area contributed by atoms with Gasteiger partial charge in [0.25, 0.3) is 5.91 Å². The molecule has 4 heteroatoms. The summed E-state index contributed by atoms with van der Waals surface area (Å²) >= 11 is 2.23. The van der Waals surface area contributed by atoms with Gasteiger partial charge in [-0.1, -0.05) is 19.1 Å². The van der Waals surface area contributed by atoms with E-state index in [1.165, 1.54) is 0 Å². The van der Waals surface area contributed by atoms with Gasteiger partial charge in [0.05, 0.1) is 0 Å². The van der Waals surface area contributed by atoms with Gasteiger partial charge in [0, 0.05) is 22.2 Å². The normalized spacial score (nSPS) is 19.8. The first-order valence-electron chi connectivity index (χ1n) is 6.17. The average molecular weight is 356 g/mol. The van der Waals surface area contributed by atoms with Gasteiger partial charge in [-0.3, -0.25) is 10.2 Å². The van der Waals surface area contributed by atoms with Crippen molar-refractivity contribution in [2.45, 2.75) is 13.3 Å². The molecule has 0 fully saturated rings. The van der Waals surface area contributed by atoms with Crippen LogP contribution >= 0.6 is 22.6 Å². The molecule has 1 aromatic carbocycles. The Labute approximate surface area is 121 Å². The second kappa shape index (κ2) is 6.33. The van der Waals surface area contributed by atoms with E-state index in [2.05, 4.69) is 47.1 Å². The summed E-state index contributed by atoms with van der Waals surface area (Å²) in [6, 6.07) is 7.60. The van der Waals surface area contributed by atoms with Crippen molar-refractivity contribution >= 4 is 28.5 Å². The van der Waals surface area contributed by atoms with Gasteiger partial charge >= 0.3 is 0 Å². The average Bonchev–Trinajstić information content (AvgIpc) is 2.39. The van der Waals surface area contributed by atoms with Crippen LogP contribution in [0, 0.1) is 9.49 Å². The van der Waals surface area contributed by atoms with Crippen molar-refractivity contribution in [3.05, 3.63) is 45.6 Å². The SMILES string of the molecule is CCC1C=CCN(NC(=O)c2ccc(I)cc2)C1. The number of nitrogens with one attached hydrogen (secondary N) is 1. The molecule has 1 aromatic rings. The Balaban J connectivity index is 1.95. The van der Waals surface area contributed by atoms with Gasteiger partial charge in [-0.25, -0.2) is 5.01 Å². The zero-order valence-corrected chi connectivity index (χ0v) is 12.6. The third-order valence-electron chi connectivity index (χ3n) is 3.08. The maximum atomic E-state index is 12.0. The van der Waals surface area contributed by atoms with Crippen molar-refractivity contribution in [3.63, 3.8) is 0 Å². The Bertz CT molecular complexity index is 442. The summed E-state index contributed by atoms with van der Waals surface area (Å²) in [4.78, 5) is 12.0. The highest BCUT2D eigenvalue weighted by atomic mass is 127. The summed E-state index contributed by atoms with van der Waals surface area (Å²) in [6.45, 7) is 3.84. The van der Waals surface area contributed by atoms with E-state index < -0.39 is 0 Å². The minimum atomic E-state index is -0.0310. The molecule has 2 rings (SSSR count). The van der Waals surface area contributed by atoms with Crippen LogP contribution in [-0.4, -0.2) is 24.0 Å². The number of amides is 1. The minimum Gasteiger partial charge on any atom is -0.284 e. The molecule has 18 heavy (non-hydrogen) atoms. The smallest absolute Gasteiger partial charge is 0.265 e. The summed E-state index contributed by atoms with van der Waals surface area (Å²) in [5.41, 5.74) is 3.67. The highest BCUT2D eigenvalue weighted by molar-refractivity contribution is 14.1. The number of carbonyl (C=O) groups excluding carboxylic acids is 1. The van der Waals surface area contributed by atoms with Gasteiger partial charge in [-0.15, -0.1) is 0 Å². The molecule has 1 unspecified atom stereocenters. The fraction of sp³-hybridized carbons (Fsp3) is 0.357. The molecule has 0 radical (unpaired) electrons. The molecule has 0 saturated heterocycles. The van der Waals surface area contributed by atoms with Crippen LogP contribution in [0.15, 0.2) is 36.4 Å². The summed E-state index contributed by atoms with van der Waals surface area (Å²) in [5, 5.41) is 1.98. The Hall–Kier alpha value is -0.880. The maximum Gasteiger partial charge on any atom is 0.265 e. The largest absolute Gasteiger partial charge is 0.284 e. The highest BCUT2D eigenvalue weighted by Gasteiger charge is 2.16. The van der Waals surface area contributed by atoms with Gasteiger partial charge in [0.15, 0.2) is 0 Å². The Kier molecular flexibility index (Phi) is 4.77. The molecule has 1 amide bonds. The number of hydrogen-bond donors (Lipinski definition) is 1. The van der Waals surface area contributed by atoms with Crippen molar-refractivity contribution in [1.29, 1.82) is 0 Å². The molecule has 1 atom stereocenters. The zero-order valence-electron chi connectivity index (χ0n) is 10.4. The second-order valence-corrected chi connectivity index (χ2v) is 5.69. The third-order valence-corrected chi connectivity index (χ3v) is 3.80. The van der Waals surface area contributed by atoms with E-state index in [0.717, 1.165) is 23.1 Å². The molecule has 0 aliphatic carbocycles. The molecule has 0 saturated carbocycles. The number of nitrogens with zero attached hydrogens (tertiary/aromatic N) is 1. The maximum absolute atomic E-state index is 12.0. The van der Waals surface area contributed by atoms with Crippen LogP contribution in [0.1, 0.15) is 23.7 Å². The molecule has 1 N–H and O–H groups in total. The zero-order chi connectivity index (χ0) is 13.0. The lowest BCUT2D eigenvalue weighted by Crippen LogP contribution is -2.46. The van der Waals surface area contributed by atoms with Crippen LogP contribution < -0.4 is 5.43 Å². The number of hydrogen-bond acceptors (Lipinski definition) is 2. The first-order valence-corrected chi connectivity index (χ1v) is 7.25. The predicted molar refractivity (Wildman–Crippen MR) is 81.1 cm³/mol. The monoisotopic (exact) mass is 356 g/mol. The van der Waals surface area contributed by atoms with Crippen molar-refractivity contribution in [1.82, 2.24) is 10.4 Å². The topological polar surface area (TPSA) is 32.3 Å². The van der Waals surface area contributed by atoms with Crippen LogP contribution in [0.2, 0.25) is 0 Å². The van der Waals surface area contributed by atoms with Crippen LogP contribution in [0.4, 0.5) is 0 Å². The Morgan fingerprint density at radius 2 is 2.17 bits per heavy atom. The molecular weight excluding hydrogens is 339 g/mol. The number of carbonyl (C=O) groups is 1. The predicted octanol–water partition coefficient (Wildman–Crippen LogP) is 2.83. The van der Waals surface area contributed by atoms with Crippen LogP contribution in [0.3, 0.4) is 0 Å². The van der Waals surface area contributed by atoms with E-state index in [4.69, 9.17) is 0 Å². The van der Waals surface area contributed by atoms with E-state index in [9.17, 15) is 4.79 Å². The number of halogens is 1. The van der Waals surface area contributed by atoms with Crippen molar-refractivity contribution < 1.29 is 4.79 Å². The summed E-state index contributed by atoms with van der Waals surface area (Å²) in [6.07, 6.45) is 5.45. The molecule has 1 heterocycles. The quantitative estimate of drug-likeness (QED) is 0.667. The van der Waals surface area contributed by atoms with Gasteiger partial charge in [-0.2, -0.15) is 0 Å². The molecule has 1 aliphatic rings. The molecule has 0 bridgehead atoms. The standard InChI is InChI=1S/C14H17IN2O/c1-2-11-4-3-9-17(10-11)16-14(18)12-5-7-13(15)8-6-12/h3-8,11H,2,9-10H2,1H3,(H,16,18). The lowest BCUT2D eigenvalue weighted by molar-refractivity contribution is 0.0780. The molecule has 0 spiro atoms. The summed E-state index contributed by atoms with van der Waals surface area (Å²) in [5.74, 6) is 0.507. The second-order valence-electron chi connectivity index (χ2n) is 4.45. The van der Waals surface area contributed by atoms with E-state index in [1.54, 1.807) is 0 Å². The van der Waals surface area contributed by atoms with Crippen LogP contribution in [0.5, 0.6) is 0 Å². The van der Waals surface area contributed by atoms with E-state index in [0.29, 0.717) is 11.5 Å². The number of rotatable bonds is 3. The summed E-state index contributed by atoms with van der Waals surface area (Å²) in [7, 11) is 0. The lowest BCUT2D eigenvalue weighted by Gasteiger charge is -2.28. The fourth-order valence-electron chi connectivity index (χ4n) is 1.96. The molecule has 1 aliphatic heterocycles. The Morgan fingerprint density at radius 1 is 1.44 bits per heavy atom. The van der Waals surface area contributed by atoms with E-state index in [1.807, 2.05) is 29.3 Å². The minimum absolute atomic E-state index is 0.0310. The number of hydrazine groups is 1. The first kappa shape index (κ1) is 13.5. The van der Waals surface area contributed by atoms with Crippen molar-refractivity contribution in [2.24, 2.45) is 5.92 Å². The van der Waals surface area contributed by atoms with Crippen LogP contribution in [0.25, 0.3) is 0 Å². The lowest BCUT2D eigenvalue weighted by atomic mass is 10.0. The van der Waals surface area contributed by atoms with E-state index >= 15 is 0 Å². The van der Waals surface area contributed by atoms with Gasteiger partial charge in [0.2, 0.25) is 0 Å². The van der Waals surface area contributed by atoms with Gasteiger partial charge in [-0.05, 0) is 59.2 Å². The third kappa shape index (κ3) is 3.55. The van der Waals surface area contributed by atoms with Crippen LogP contribution in [-0.2, 0) is 0 Å². The van der Waals surface area contributed by atoms with Crippen molar-refractivity contribution in [3.8, 4) is 0 Å². The fourth-order valence-corrected chi connectivity index (χ4v) is 2.32. The van der Waals surface area contributed by atoms with Crippen molar-refractivity contribution in [2.75, 3.05) is 13.1 Å². The van der Waals surface area contributed by atoms with Gasteiger partial charge < -0.3 is 0 Å². The molecule has 96 valence electrons.